The van der Waals surface area contributed by atoms with Crippen LogP contribution in [-0.4, -0.2) is 0 Å². The second kappa shape index (κ2) is 2.30. The van der Waals surface area contributed by atoms with Crippen LogP contribution in [0.15, 0.2) is 0 Å². The summed E-state index contributed by atoms with van der Waals surface area (Å²) in [5, 5.41) is 0. The van der Waals surface area contributed by atoms with E-state index in [1.807, 2.05) is 0 Å². The molecule has 1 heteroatoms. The van der Waals surface area contributed by atoms with E-state index in [1.54, 1.807) is 0 Å². The van der Waals surface area contributed by atoms with Crippen molar-refractivity contribution in [1.29, 1.82) is 0 Å². The van der Waals surface area contributed by atoms with Crippen molar-refractivity contribution >= 4 is 0 Å². The summed E-state index contributed by atoms with van der Waals surface area (Å²) in [6.45, 7) is 7.03. The van der Waals surface area contributed by atoms with E-state index in [4.69, 9.17) is 0 Å². The van der Waals surface area contributed by atoms with E-state index in [0.717, 1.165) is 2.92 Å². The van der Waals surface area contributed by atoms with Gasteiger partial charge in [-0.3, -0.25) is 0 Å². The Labute approximate surface area is 52.8 Å². The quantitative estimate of drug-likeness (QED) is 0.594. The molecule has 0 saturated heterocycles. The van der Waals surface area contributed by atoms with Crippen molar-refractivity contribution in [2.75, 3.05) is 0 Å². The summed E-state index contributed by atoms with van der Waals surface area (Å²) in [6.07, 6.45) is 0. The number of hydrogen-bond donors (Lipinski definition) is 0. The van der Waals surface area contributed by atoms with Crippen LogP contribution in [0, 0.1) is 0 Å². The minimum atomic E-state index is -0.359. The van der Waals surface area contributed by atoms with E-state index in [0.29, 0.717) is 0 Å². The molecule has 0 aromatic rings. The van der Waals surface area contributed by atoms with Crippen LogP contribution in [0.4, 0.5) is 0 Å². The van der Waals surface area contributed by atoms with E-state index in [1.165, 1.54) is 0 Å². The third-order valence-corrected chi connectivity index (χ3v) is 9.31. The van der Waals surface area contributed by atoms with Crippen LogP contribution in [0.25, 0.3) is 0 Å². The SMILES string of the molecule is [CH3][Hg][C](C)(C)C. The van der Waals surface area contributed by atoms with Crippen LogP contribution in [-0.2, 0) is 24.6 Å². The van der Waals surface area contributed by atoms with Gasteiger partial charge in [-0.25, -0.2) is 0 Å². The van der Waals surface area contributed by atoms with Gasteiger partial charge in [0, 0.05) is 0 Å². The first-order valence-electron chi connectivity index (χ1n) is 2.56. The van der Waals surface area contributed by atoms with Crippen molar-refractivity contribution in [2.24, 2.45) is 0 Å². The Morgan fingerprint density at radius 3 is 1.33 bits per heavy atom. The molecule has 0 aliphatic rings. The zero-order chi connectivity index (χ0) is 5.21. The van der Waals surface area contributed by atoms with E-state index in [-0.39, 0.29) is 24.6 Å². The second-order valence-corrected chi connectivity index (χ2v) is 13.9. The Morgan fingerprint density at radius 1 is 1.17 bits per heavy atom. The molecular formula is C5H12Hg. The van der Waals surface area contributed by atoms with Crippen LogP contribution in [0.1, 0.15) is 20.8 Å². The Kier molecular flexibility index (Phi) is 2.65. The Bertz CT molecular complexity index is 33.7. The summed E-state index contributed by atoms with van der Waals surface area (Å²) >= 11 is -0.359. The molecule has 0 amide bonds. The molecule has 0 unspecified atom stereocenters. The van der Waals surface area contributed by atoms with Gasteiger partial charge in [0.1, 0.15) is 0 Å². The van der Waals surface area contributed by atoms with Gasteiger partial charge >= 0.3 is 52.7 Å². The molecule has 0 saturated carbocycles. The van der Waals surface area contributed by atoms with E-state index in [2.05, 4.69) is 25.2 Å². The van der Waals surface area contributed by atoms with Gasteiger partial charge in [0.2, 0.25) is 0 Å². The van der Waals surface area contributed by atoms with Crippen LogP contribution in [0.2, 0.25) is 7.36 Å². The van der Waals surface area contributed by atoms with Crippen LogP contribution in [0.5, 0.6) is 0 Å². The summed E-state index contributed by atoms with van der Waals surface area (Å²) in [5.74, 6) is 0. The molecule has 0 atom stereocenters. The molecule has 0 spiro atoms. The predicted octanol–water partition coefficient (Wildman–Crippen LogP) is 2.34. The average Bonchev–Trinajstić information content (AvgIpc) is 1.35. The van der Waals surface area contributed by atoms with Gasteiger partial charge in [0.25, 0.3) is 0 Å². The number of hydrogen-bond acceptors (Lipinski definition) is 0. The zero-order valence-corrected chi connectivity index (χ0v) is 10.7. The molecule has 0 aliphatic carbocycles. The molecule has 0 aromatic carbocycles. The molecule has 0 radical (unpaired) electrons. The number of rotatable bonds is 0. The van der Waals surface area contributed by atoms with Crippen LogP contribution in [0.3, 0.4) is 0 Å². The summed E-state index contributed by atoms with van der Waals surface area (Å²) < 4.78 is 3.19. The molecule has 0 aromatic heterocycles. The van der Waals surface area contributed by atoms with Crippen LogP contribution >= 0.6 is 0 Å². The third-order valence-electron chi connectivity index (χ3n) is 1.06. The fourth-order valence-electron chi connectivity index (χ4n) is 0. The fourth-order valence-corrected chi connectivity index (χ4v) is 0. The molecule has 0 heterocycles. The van der Waals surface area contributed by atoms with Gasteiger partial charge in [-0.05, 0) is 0 Å². The minimum absolute atomic E-state index is 0.359. The normalized spacial score (nSPS) is 10.7. The zero-order valence-electron chi connectivity index (χ0n) is 5.21. The van der Waals surface area contributed by atoms with E-state index < -0.39 is 0 Å². The predicted molar refractivity (Wildman–Crippen MR) is 25.6 cm³/mol. The van der Waals surface area contributed by atoms with Crippen molar-refractivity contribution in [3.8, 4) is 0 Å². The van der Waals surface area contributed by atoms with Crippen molar-refractivity contribution < 1.29 is 24.6 Å². The van der Waals surface area contributed by atoms with Gasteiger partial charge < -0.3 is 0 Å². The van der Waals surface area contributed by atoms with Gasteiger partial charge in [-0.1, -0.05) is 0 Å². The first-order chi connectivity index (χ1) is 2.56. The molecule has 0 fully saturated rings. The van der Waals surface area contributed by atoms with Gasteiger partial charge in [0.15, 0.2) is 0 Å². The second-order valence-electron chi connectivity index (χ2n) is 2.91. The van der Waals surface area contributed by atoms with E-state index in [9.17, 15) is 0 Å². The molecule has 0 nitrogen and oxygen atoms in total. The van der Waals surface area contributed by atoms with Crippen LogP contribution < -0.4 is 0 Å². The Morgan fingerprint density at radius 2 is 1.33 bits per heavy atom. The van der Waals surface area contributed by atoms with E-state index >= 15 is 0 Å². The van der Waals surface area contributed by atoms with Crippen molar-refractivity contribution in [3.05, 3.63) is 0 Å². The summed E-state index contributed by atoms with van der Waals surface area (Å²) in [5.41, 5.74) is 0. The molecular weight excluding hydrogens is 261 g/mol. The fraction of sp³-hybridized carbons (Fsp3) is 1.00. The summed E-state index contributed by atoms with van der Waals surface area (Å²) in [6, 6.07) is 0. The van der Waals surface area contributed by atoms with Gasteiger partial charge in [-0.15, -0.1) is 0 Å². The molecule has 0 aliphatic heterocycles. The summed E-state index contributed by atoms with van der Waals surface area (Å²) in [7, 11) is 0. The molecule has 0 N–H and O–H groups in total. The van der Waals surface area contributed by atoms with Crippen molar-refractivity contribution in [3.63, 3.8) is 0 Å². The average molecular weight is 273 g/mol. The maximum absolute atomic E-state index is 2.43. The van der Waals surface area contributed by atoms with Gasteiger partial charge in [0.05, 0.1) is 0 Å². The molecule has 0 bridgehead atoms. The van der Waals surface area contributed by atoms with Gasteiger partial charge in [-0.2, -0.15) is 0 Å². The third kappa shape index (κ3) is 4.94. The molecule has 34 valence electrons. The first-order valence-corrected chi connectivity index (χ1v) is 10.8. The van der Waals surface area contributed by atoms with Crippen molar-refractivity contribution in [1.82, 2.24) is 0 Å². The monoisotopic (exact) mass is 274 g/mol. The molecule has 6 heavy (non-hydrogen) atoms. The maximum atomic E-state index is 2.43. The topological polar surface area (TPSA) is 0 Å². The van der Waals surface area contributed by atoms with Crippen molar-refractivity contribution in [2.45, 2.75) is 28.1 Å². The Hall–Kier alpha value is 0.935. The summed E-state index contributed by atoms with van der Waals surface area (Å²) in [4.78, 5) is 0. The standard InChI is InChI=1S/C4H9.CH3.Hg/c1-4(2)3;;/h1-3H3;1H3;. The molecule has 0 rings (SSSR count). The Balaban J connectivity index is 3.17. The first kappa shape index (κ1) is 6.94.